The lowest BCUT2D eigenvalue weighted by Gasteiger charge is -2.26. The van der Waals surface area contributed by atoms with Gasteiger partial charge >= 0.3 is 0 Å². The Morgan fingerprint density at radius 3 is 2.81 bits per heavy atom. The van der Waals surface area contributed by atoms with E-state index in [1.54, 1.807) is 0 Å². The standard InChI is InChI=1S/C14H20FN/c1-10(2)8-11-4-5-12-9-16(3)7-6-13(12)14(11)15/h4-5,10H,6-9H2,1-3H3. The molecule has 1 aromatic rings. The normalized spacial score (nSPS) is 16.6. The van der Waals surface area contributed by atoms with Crippen LogP contribution in [0.2, 0.25) is 0 Å². The summed E-state index contributed by atoms with van der Waals surface area (Å²) in [7, 11) is 2.09. The highest BCUT2D eigenvalue weighted by atomic mass is 19.1. The average Bonchev–Trinajstić information content (AvgIpc) is 2.22. The zero-order valence-electron chi connectivity index (χ0n) is 10.4. The highest BCUT2D eigenvalue weighted by molar-refractivity contribution is 5.35. The predicted octanol–water partition coefficient (Wildman–Crippen LogP) is 3.01. The van der Waals surface area contributed by atoms with Crippen LogP contribution in [0.15, 0.2) is 12.1 Å². The number of benzene rings is 1. The van der Waals surface area contributed by atoms with Crippen molar-refractivity contribution in [3.8, 4) is 0 Å². The molecule has 88 valence electrons. The zero-order valence-corrected chi connectivity index (χ0v) is 10.4. The molecule has 0 amide bonds. The summed E-state index contributed by atoms with van der Waals surface area (Å²) in [5.41, 5.74) is 3.01. The zero-order chi connectivity index (χ0) is 11.7. The maximum atomic E-state index is 14.2. The van der Waals surface area contributed by atoms with Crippen LogP contribution in [0.25, 0.3) is 0 Å². The van der Waals surface area contributed by atoms with Crippen LogP contribution in [0.1, 0.15) is 30.5 Å². The molecular weight excluding hydrogens is 201 g/mol. The van der Waals surface area contributed by atoms with Crippen molar-refractivity contribution < 1.29 is 4.39 Å². The van der Waals surface area contributed by atoms with Gasteiger partial charge in [0, 0.05) is 13.1 Å². The van der Waals surface area contributed by atoms with Gasteiger partial charge in [0.2, 0.25) is 0 Å². The van der Waals surface area contributed by atoms with Crippen molar-refractivity contribution in [1.29, 1.82) is 0 Å². The van der Waals surface area contributed by atoms with Crippen LogP contribution in [-0.4, -0.2) is 18.5 Å². The number of hydrogen-bond acceptors (Lipinski definition) is 1. The lowest BCUT2D eigenvalue weighted by Crippen LogP contribution is -2.27. The van der Waals surface area contributed by atoms with Gasteiger partial charge in [-0.15, -0.1) is 0 Å². The molecule has 0 fully saturated rings. The molecule has 0 aliphatic carbocycles. The van der Waals surface area contributed by atoms with E-state index in [0.29, 0.717) is 5.92 Å². The smallest absolute Gasteiger partial charge is 0.129 e. The third-order valence-corrected chi connectivity index (χ3v) is 3.23. The third-order valence-electron chi connectivity index (χ3n) is 3.23. The topological polar surface area (TPSA) is 3.24 Å². The van der Waals surface area contributed by atoms with E-state index < -0.39 is 0 Å². The summed E-state index contributed by atoms with van der Waals surface area (Å²) >= 11 is 0. The van der Waals surface area contributed by atoms with Gasteiger partial charge in [0.25, 0.3) is 0 Å². The Morgan fingerprint density at radius 2 is 2.12 bits per heavy atom. The van der Waals surface area contributed by atoms with Gasteiger partial charge in [-0.1, -0.05) is 26.0 Å². The first-order chi connectivity index (χ1) is 7.58. The summed E-state index contributed by atoms with van der Waals surface area (Å²) in [6.07, 6.45) is 1.69. The van der Waals surface area contributed by atoms with Crippen molar-refractivity contribution in [2.45, 2.75) is 33.2 Å². The van der Waals surface area contributed by atoms with E-state index in [9.17, 15) is 4.39 Å². The van der Waals surface area contributed by atoms with Crippen molar-refractivity contribution in [3.63, 3.8) is 0 Å². The second kappa shape index (κ2) is 4.54. The number of fused-ring (bicyclic) bond motifs is 1. The van der Waals surface area contributed by atoms with Gasteiger partial charge in [0.1, 0.15) is 5.82 Å². The molecule has 1 aromatic carbocycles. The quantitative estimate of drug-likeness (QED) is 0.742. The summed E-state index contributed by atoms with van der Waals surface area (Å²) in [6.45, 7) is 6.11. The molecule has 0 atom stereocenters. The fraction of sp³-hybridized carbons (Fsp3) is 0.571. The average molecular weight is 221 g/mol. The summed E-state index contributed by atoms with van der Waals surface area (Å²) in [4.78, 5) is 2.24. The Labute approximate surface area is 97.3 Å². The van der Waals surface area contributed by atoms with Crippen LogP contribution >= 0.6 is 0 Å². The van der Waals surface area contributed by atoms with Gasteiger partial charge in [-0.25, -0.2) is 4.39 Å². The van der Waals surface area contributed by atoms with Crippen molar-refractivity contribution in [2.75, 3.05) is 13.6 Å². The number of likely N-dealkylation sites (N-methyl/N-ethyl adjacent to an activating group) is 1. The lowest BCUT2D eigenvalue weighted by molar-refractivity contribution is 0.308. The Bertz CT molecular complexity index is 385. The van der Waals surface area contributed by atoms with Gasteiger partial charge < -0.3 is 4.90 Å². The van der Waals surface area contributed by atoms with Crippen molar-refractivity contribution in [1.82, 2.24) is 4.90 Å². The second-order valence-corrected chi connectivity index (χ2v) is 5.26. The molecule has 0 saturated carbocycles. The molecule has 0 radical (unpaired) electrons. The van der Waals surface area contributed by atoms with Crippen molar-refractivity contribution in [3.05, 3.63) is 34.6 Å². The van der Waals surface area contributed by atoms with Gasteiger partial charge in [-0.3, -0.25) is 0 Å². The minimum atomic E-state index is 0.0549. The highest BCUT2D eigenvalue weighted by Gasteiger charge is 2.19. The Morgan fingerprint density at radius 1 is 1.38 bits per heavy atom. The molecule has 1 aliphatic heterocycles. The van der Waals surface area contributed by atoms with E-state index in [0.717, 1.165) is 37.1 Å². The first-order valence-corrected chi connectivity index (χ1v) is 6.05. The van der Waals surface area contributed by atoms with Crippen molar-refractivity contribution in [2.24, 2.45) is 5.92 Å². The first kappa shape index (κ1) is 11.6. The van der Waals surface area contributed by atoms with Crippen LogP contribution in [0.4, 0.5) is 4.39 Å². The Kier molecular flexibility index (Phi) is 3.29. The van der Waals surface area contributed by atoms with Gasteiger partial charge in [-0.05, 0) is 42.5 Å². The Hall–Kier alpha value is -0.890. The molecule has 0 saturated heterocycles. The number of nitrogens with zero attached hydrogens (tertiary/aromatic N) is 1. The molecule has 1 nitrogen and oxygen atoms in total. The van der Waals surface area contributed by atoms with E-state index in [2.05, 4.69) is 31.9 Å². The molecule has 1 heterocycles. The predicted molar refractivity (Wildman–Crippen MR) is 65.0 cm³/mol. The molecule has 2 heteroatoms. The number of rotatable bonds is 2. The maximum Gasteiger partial charge on any atom is 0.129 e. The van der Waals surface area contributed by atoms with Gasteiger partial charge in [0.15, 0.2) is 0 Å². The second-order valence-electron chi connectivity index (χ2n) is 5.26. The molecule has 0 bridgehead atoms. The monoisotopic (exact) mass is 221 g/mol. The maximum absolute atomic E-state index is 14.2. The molecule has 0 N–H and O–H groups in total. The molecule has 16 heavy (non-hydrogen) atoms. The molecule has 0 unspecified atom stereocenters. The largest absolute Gasteiger partial charge is 0.302 e. The van der Waals surface area contributed by atoms with Gasteiger partial charge in [0.05, 0.1) is 0 Å². The van der Waals surface area contributed by atoms with Crippen molar-refractivity contribution >= 4 is 0 Å². The number of halogens is 1. The SMILES string of the molecule is CC(C)Cc1ccc2c(c1F)CCN(C)C2. The van der Waals surface area contributed by atoms with E-state index in [4.69, 9.17) is 0 Å². The Balaban J connectivity index is 2.32. The molecule has 0 aromatic heterocycles. The van der Waals surface area contributed by atoms with Crippen LogP contribution in [0, 0.1) is 11.7 Å². The molecular formula is C14H20FN. The van der Waals surface area contributed by atoms with Crippen LogP contribution < -0.4 is 0 Å². The molecule has 2 rings (SSSR count). The van der Waals surface area contributed by atoms with E-state index in [-0.39, 0.29) is 5.82 Å². The minimum Gasteiger partial charge on any atom is -0.302 e. The summed E-state index contributed by atoms with van der Waals surface area (Å²) in [5.74, 6) is 0.568. The van der Waals surface area contributed by atoms with Crippen LogP contribution in [0.5, 0.6) is 0 Å². The van der Waals surface area contributed by atoms with E-state index in [1.807, 2.05) is 6.07 Å². The summed E-state index contributed by atoms with van der Waals surface area (Å²) in [5, 5.41) is 0. The summed E-state index contributed by atoms with van der Waals surface area (Å²) in [6, 6.07) is 4.07. The van der Waals surface area contributed by atoms with Crippen LogP contribution in [0.3, 0.4) is 0 Å². The first-order valence-electron chi connectivity index (χ1n) is 6.05. The number of hydrogen-bond donors (Lipinski definition) is 0. The van der Waals surface area contributed by atoms with E-state index in [1.165, 1.54) is 5.56 Å². The highest BCUT2D eigenvalue weighted by Crippen LogP contribution is 2.24. The fourth-order valence-corrected chi connectivity index (χ4v) is 2.40. The lowest BCUT2D eigenvalue weighted by atomic mass is 9.93. The summed E-state index contributed by atoms with van der Waals surface area (Å²) < 4.78 is 14.2. The molecule has 0 spiro atoms. The fourth-order valence-electron chi connectivity index (χ4n) is 2.40. The van der Waals surface area contributed by atoms with E-state index >= 15 is 0 Å². The third kappa shape index (κ3) is 2.27. The molecule has 1 aliphatic rings. The van der Waals surface area contributed by atoms with Gasteiger partial charge in [-0.2, -0.15) is 0 Å². The minimum absolute atomic E-state index is 0.0549. The van der Waals surface area contributed by atoms with Crippen LogP contribution in [-0.2, 0) is 19.4 Å².